The van der Waals surface area contributed by atoms with Crippen LogP contribution in [-0.4, -0.2) is 58.7 Å². The molecule has 0 unspecified atom stereocenters. The maximum atomic E-state index is 11.9. The molecule has 0 bridgehead atoms. The minimum absolute atomic E-state index is 0.241. The summed E-state index contributed by atoms with van der Waals surface area (Å²) in [6.45, 7) is 5.56. The number of aromatic nitrogens is 2. The molecule has 108 valence electrons. The lowest BCUT2D eigenvalue weighted by Gasteiger charge is -2.22. The van der Waals surface area contributed by atoms with Gasteiger partial charge in [0.05, 0.1) is 31.1 Å². The Morgan fingerprint density at radius 3 is 3.00 bits per heavy atom. The number of hydrogen-bond donors (Lipinski definition) is 2. The maximum absolute atomic E-state index is 11.9. The van der Waals surface area contributed by atoms with Crippen LogP contribution in [0.3, 0.4) is 0 Å². The maximum Gasteiger partial charge on any atom is 0.322 e. The molecular weight excluding hydrogens is 248 g/mol. The highest BCUT2D eigenvalue weighted by Gasteiger charge is 2.14. The van der Waals surface area contributed by atoms with Crippen molar-refractivity contribution in [2.24, 2.45) is 0 Å². The zero-order valence-corrected chi connectivity index (χ0v) is 11.7. The van der Waals surface area contributed by atoms with Gasteiger partial charge in [0.25, 0.3) is 0 Å². The van der Waals surface area contributed by atoms with E-state index in [0.29, 0.717) is 31.9 Å². The Morgan fingerprint density at radius 1 is 1.68 bits per heavy atom. The first-order valence-electron chi connectivity index (χ1n) is 6.32. The van der Waals surface area contributed by atoms with Crippen molar-refractivity contribution in [3.63, 3.8) is 0 Å². The molecule has 7 heteroatoms. The standard InChI is InChI=1S/C12H22N4O3/c1-4-15(8-10(2)17)12(18)14-11-7-13-16(9-11)5-6-19-3/h7,9-10,17H,4-6,8H2,1-3H3,(H,14,18)/t10-/m0/s1. The predicted molar refractivity (Wildman–Crippen MR) is 72.0 cm³/mol. The van der Waals surface area contributed by atoms with Gasteiger partial charge >= 0.3 is 6.03 Å². The summed E-state index contributed by atoms with van der Waals surface area (Å²) in [4.78, 5) is 13.5. The fraction of sp³-hybridized carbons (Fsp3) is 0.667. The molecule has 1 aromatic heterocycles. The number of hydrogen-bond acceptors (Lipinski definition) is 4. The zero-order chi connectivity index (χ0) is 14.3. The molecular formula is C12H22N4O3. The van der Waals surface area contributed by atoms with Crippen LogP contribution in [0.4, 0.5) is 10.5 Å². The molecule has 2 amide bonds. The Bertz CT molecular complexity index is 392. The van der Waals surface area contributed by atoms with Gasteiger partial charge in [-0.25, -0.2) is 4.79 Å². The van der Waals surface area contributed by atoms with Crippen LogP contribution in [-0.2, 0) is 11.3 Å². The summed E-state index contributed by atoms with van der Waals surface area (Å²) >= 11 is 0. The Labute approximate surface area is 113 Å². The Hall–Kier alpha value is -1.60. The summed E-state index contributed by atoms with van der Waals surface area (Å²) in [5.41, 5.74) is 0.630. The largest absolute Gasteiger partial charge is 0.392 e. The molecule has 19 heavy (non-hydrogen) atoms. The summed E-state index contributed by atoms with van der Waals surface area (Å²) in [5, 5.41) is 16.2. The quantitative estimate of drug-likeness (QED) is 0.766. The van der Waals surface area contributed by atoms with Gasteiger partial charge in [-0.2, -0.15) is 5.10 Å². The van der Waals surface area contributed by atoms with Crippen LogP contribution in [0.1, 0.15) is 13.8 Å². The van der Waals surface area contributed by atoms with Gasteiger partial charge in [0.15, 0.2) is 0 Å². The van der Waals surface area contributed by atoms with Crippen molar-refractivity contribution >= 4 is 11.7 Å². The van der Waals surface area contributed by atoms with E-state index in [0.717, 1.165) is 0 Å². The summed E-state index contributed by atoms with van der Waals surface area (Å²) in [5.74, 6) is 0. The number of ether oxygens (including phenoxy) is 1. The van der Waals surface area contributed by atoms with E-state index in [1.807, 2.05) is 6.92 Å². The van der Waals surface area contributed by atoms with Gasteiger partial charge < -0.3 is 20.1 Å². The first kappa shape index (κ1) is 15.5. The van der Waals surface area contributed by atoms with Crippen LogP contribution in [0.15, 0.2) is 12.4 Å². The number of carbonyl (C=O) groups is 1. The van der Waals surface area contributed by atoms with Crippen LogP contribution in [0.2, 0.25) is 0 Å². The molecule has 2 N–H and O–H groups in total. The molecule has 1 atom stereocenters. The third kappa shape index (κ3) is 5.27. The summed E-state index contributed by atoms with van der Waals surface area (Å²) in [7, 11) is 1.63. The highest BCUT2D eigenvalue weighted by atomic mass is 16.5. The average molecular weight is 270 g/mol. The van der Waals surface area contributed by atoms with Gasteiger partial charge in [0, 0.05) is 26.4 Å². The minimum Gasteiger partial charge on any atom is -0.392 e. The van der Waals surface area contributed by atoms with Gasteiger partial charge in [-0.15, -0.1) is 0 Å². The van der Waals surface area contributed by atoms with E-state index >= 15 is 0 Å². The van der Waals surface area contributed by atoms with Crippen LogP contribution < -0.4 is 5.32 Å². The van der Waals surface area contributed by atoms with E-state index in [2.05, 4.69) is 10.4 Å². The van der Waals surface area contributed by atoms with Crippen molar-refractivity contribution in [3.05, 3.63) is 12.4 Å². The molecule has 0 aliphatic heterocycles. The van der Waals surface area contributed by atoms with Crippen LogP contribution in [0.25, 0.3) is 0 Å². The molecule has 0 aromatic carbocycles. The van der Waals surface area contributed by atoms with E-state index in [9.17, 15) is 9.90 Å². The van der Waals surface area contributed by atoms with E-state index < -0.39 is 6.10 Å². The number of amides is 2. The van der Waals surface area contributed by atoms with Gasteiger partial charge in [0.2, 0.25) is 0 Å². The lowest BCUT2D eigenvalue weighted by atomic mass is 10.3. The van der Waals surface area contributed by atoms with Crippen LogP contribution in [0.5, 0.6) is 0 Å². The monoisotopic (exact) mass is 270 g/mol. The fourth-order valence-corrected chi connectivity index (χ4v) is 1.61. The van der Waals surface area contributed by atoms with Crippen molar-refractivity contribution in [2.45, 2.75) is 26.5 Å². The predicted octanol–water partition coefficient (Wildman–Crippen LogP) is 0.764. The number of aliphatic hydroxyl groups is 1. The Balaban J connectivity index is 2.52. The van der Waals surface area contributed by atoms with Crippen molar-refractivity contribution in [1.82, 2.24) is 14.7 Å². The van der Waals surface area contributed by atoms with Crippen molar-refractivity contribution < 1.29 is 14.6 Å². The number of nitrogens with one attached hydrogen (secondary N) is 1. The van der Waals surface area contributed by atoms with E-state index in [1.165, 1.54) is 4.90 Å². The van der Waals surface area contributed by atoms with Gasteiger partial charge in [-0.05, 0) is 13.8 Å². The van der Waals surface area contributed by atoms with Crippen molar-refractivity contribution in [3.8, 4) is 0 Å². The summed E-state index contributed by atoms with van der Waals surface area (Å²) < 4.78 is 6.65. The average Bonchev–Trinajstić information content (AvgIpc) is 2.80. The highest BCUT2D eigenvalue weighted by Crippen LogP contribution is 2.06. The fourth-order valence-electron chi connectivity index (χ4n) is 1.61. The number of likely N-dealkylation sites (N-methyl/N-ethyl adjacent to an activating group) is 1. The molecule has 1 rings (SSSR count). The number of rotatable bonds is 7. The van der Waals surface area contributed by atoms with Gasteiger partial charge in [0.1, 0.15) is 0 Å². The number of urea groups is 1. The molecule has 0 radical (unpaired) electrons. The number of anilines is 1. The summed E-state index contributed by atoms with van der Waals surface area (Å²) in [6, 6.07) is -0.241. The molecule has 0 fully saturated rings. The Morgan fingerprint density at radius 2 is 2.42 bits per heavy atom. The van der Waals surface area contributed by atoms with E-state index in [4.69, 9.17) is 4.74 Å². The van der Waals surface area contributed by atoms with Crippen LogP contribution >= 0.6 is 0 Å². The Kier molecular flexibility index (Phi) is 6.31. The van der Waals surface area contributed by atoms with Crippen molar-refractivity contribution in [1.29, 1.82) is 0 Å². The molecule has 0 saturated heterocycles. The second-order valence-corrected chi connectivity index (χ2v) is 4.30. The number of nitrogens with zero attached hydrogens (tertiary/aromatic N) is 3. The van der Waals surface area contributed by atoms with E-state index in [1.54, 1.807) is 31.1 Å². The number of carbonyl (C=O) groups excluding carboxylic acids is 1. The molecule has 1 aromatic rings. The van der Waals surface area contributed by atoms with E-state index in [-0.39, 0.29) is 6.03 Å². The molecule has 0 aliphatic rings. The first-order valence-corrected chi connectivity index (χ1v) is 6.32. The highest BCUT2D eigenvalue weighted by molar-refractivity contribution is 5.88. The molecule has 7 nitrogen and oxygen atoms in total. The molecule has 0 saturated carbocycles. The SMILES string of the molecule is CCN(C[C@H](C)O)C(=O)Nc1cnn(CCOC)c1. The third-order valence-electron chi connectivity index (χ3n) is 2.56. The lowest BCUT2D eigenvalue weighted by molar-refractivity contribution is 0.141. The number of methoxy groups -OCH3 is 1. The summed E-state index contributed by atoms with van der Waals surface area (Å²) in [6.07, 6.45) is 2.78. The van der Waals surface area contributed by atoms with Crippen molar-refractivity contribution in [2.75, 3.05) is 32.1 Å². The topological polar surface area (TPSA) is 79.6 Å². The molecule has 1 heterocycles. The second kappa shape index (κ2) is 7.75. The second-order valence-electron chi connectivity index (χ2n) is 4.30. The first-order chi connectivity index (χ1) is 9.06. The van der Waals surface area contributed by atoms with Crippen LogP contribution in [0, 0.1) is 0 Å². The smallest absolute Gasteiger partial charge is 0.322 e. The molecule has 0 spiro atoms. The number of aliphatic hydroxyl groups excluding tert-OH is 1. The van der Waals surface area contributed by atoms with Gasteiger partial charge in [-0.3, -0.25) is 4.68 Å². The minimum atomic E-state index is -0.546. The third-order valence-corrected chi connectivity index (χ3v) is 2.56. The molecule has 0 aliphatic carbocycles. The normalized spacial score (nSPS) is 12.2. The lowest BCUT2D eigenvalue weighted by Crippen LogP contribution is -2.39. The van der Waals surface area contributed by atoms with Gasteiger partial charge in [-0.1, -0.05) is 0 Å². The zero-order valence-electron chi connectivity index (χ0n) is 11.7.